The van der Waals surface area contributed by atoms with E-state index in [9.17, 15) is 19.5 Å². The molecule has 198 valence electrons. The lowest BCUT2D eigenvalue weighted by Crippen LogP contribution is -2.61. The SMILES string of the molecule is CC[C@H](C)[C@H](CO)N1C(=O)[C@@H]2[C@H](C(=O)NCc3ccccc3)[C@]3(C)CCC2(O3)C1C(=O)NC(C)(C)C. The van der Waals surface area contributed by atoms with Gasteiger partial charge in [-0.2, -0.15) is 0 Å². The highest BCUT2D eigenvalue weighted by Gasteiger charge is 2.78. The predicted octanol–water partition coefficient (Wildman–Crippen LogP) is 2.39. The number of aliphatic hydroxyl groups excluding tert-OH is 1. The fourth-order valence-corrected chi connectivity index (χ4v) is 6.57. The van der Waals surface area contributed by atoms with Gasteiger partial charge in [-0.05, 0) is 52.0 Å². The predicted molar refractivity (Wildman–Crippen MR) is 136 cm³/mol. The lowest BCUT2D eigenvalue weighted by Gasteiger charge is -2.40. The van der Waals surface area contributed by atoms with E-state index in [1.54, 1.807) is 4.90 Å². The van der Waals surface area contributed by atoms with E-state index in [0.717, 1.165) is 12.0 Å². The summed E-state index contributed by atoms with van der Waals surface area (Å²) in [6, 6.07) is 8.18. The van der Waals surface area contributed by atoms with Crippen molar-refractivity contribution in [3.05, 3.63) is 35.9 Å². The molecule has 4 rings (SSSR count). The molecule has 3 aliphatic rings. The number of aliphatic hydroxyl groups is 1. The normalized spacial score (nSPS) is 32.8. The Morgan fingerprint density at radius 1 is 1.19 bits per heavy atom. The molecule has 2 unspecified atom stereocenters. The van der Waals surface area contributed by atoms with E-state index in [-0.39, 0.29) is 30.2 Å². The third-order valence-electron chi connectivity index (χ3n) is 8.40. The van der Waals surface area contributed by atoms with Gasteiger partial charge in [0.2, 0.25) is 17.7 Å². The second kappa shape index (κ2) is 9.45. The summed E-state index contributed by atoms with van der Waals surface area (Å²) in [5.41, 5.74) is -1.48. The van der Waals surface area contributed by atoms with E-state index < -0.39 is 40.7 Å². The summed E-state index contributed by atoms with van der Waals surface area (Å²) in [7, 11) is 0. The fourth-order valence-electron chi connectivity index (χ4n) is 6.57. The maximum absolute atomic E-state index is 14.2. The summed E-state index contributed by atoms with van der Waals surface area (Å²) < 4.78 is 6.65. The van der Waals surface area contributed by atoms with Gasteiger partial charge in [0.15, 0.2) is 0 Å². The van der Waals surface area contributed by atoms with Gasteiger partial charge in [-0.3, -0.25) is 14.4 Å². The highest BCUT2D eigenvalue weighted by molar-refractivity contribution is 5.99. The summed E-state index contributed by atoms with van der Waals surface area (Å²) in [4.78, 5) is 43.2. The Morgan fingerprint density at radius 3 is 2.44 bits per heavy atom. The molecule has 1 aromatic rings. The minimum atomic E-state index is -1.10. The van der Waals surface area contributed by atoms with Crippen LogP contribution in [-0.2, 0) is 25.7 Å². The third-order valence-corrected chi connectivity index (χ3v) is 8.40. The number of nitrogens with zero attached hydrogens (tertiary/aromatic N) is 1. The zero-order valence-electron chi connectivity index (χ0n) is 22.3. The molecular formula is C28H41N3O5. The first-order chi connectivity index (χ1) is 16.9. The first kappa shape index (κ1) is 26.6. The maximum atomic E-state index is 14.2. The van der Waals surface area contributed by atoms with E-state index in [1.165, 1.54) is 0 Å². The minimum absolute atomic E-state index is 0.0303. The largest absolute Gasteiger partial charge is 0.394 e. The Labute approximate surface area is 214 Å². The molecule has 0 saturated carbocycles. The fraction of sp³-hybridized carbons (Fsp3) is 0.679. The average molecular weight is 500 g/mol. The highest BCUT2D eigenvalue weighted by atomic mass is 16.5. The summed E-state index contributed by atoms with van der Waals surface area (Å²) >= 11 is 0. The van der Waals surface area contributed by atoms with Crippen LogP contribution in [0, 0.1) is 17.8 Å². The number of amides is 3. The molecule has 0 radical (unpaired) electrons. The Kier molecular flexibility index (Phi) is 6.99. The van der Waals surface area contributed by atoms with Crippen LogP contribution >= 0.6 is 0 Å². The van der Waals surface area contributed by atoms with Crippen LogP contribution in [0.25, 0.3) is 0 Å². The van der Waals surface area contributed by atoms with Gasteiger partial charge in [-0.15, -0.1) is 0 Å². The van der Waals surface area contributed by atoms with E-state index in [2.05, 4.69) is 10.6 Å². The minimum Gasteiger partial charge on any atom is -0.394 e. The summed E-state index contributed by atoms with van der Waals surface area (Å²) in [6.45, 7) is 11.6. The van der Waals surface area contributed by atoms with Crippen molar-refractivity contribution >= 4 is 17.7 Å². The number of nitrogens with one attached hydrogen (secondary N) is 2. The van der Waals surface area contributed by atoms with Crippen molar-refractivity contribution in [1.29, 1.82) is 0 Å². The van der Waals surface area contributed by atoms with Crippen molar-refractivity contribution in [2.75, 3.05) is 6.61 Å². The zero-order chi connectivity index (χ0) is 26.5. The number of rotatable bonds is 8. The lowest BCUT2D eigenvalue weighted by molar-refractivity contribution is -0.151. The second-order valence-electron chi connectivity index (χ2n) is 12.1. The number of carbonyl (C=O) groups is 3. The van der Waals surface area contributed by atoms with Crippen LogP contribution in [-0.4, -0.2) is 63.2 Å². The average Bonchev–Trinajstić information content (AvgIpc) is 3.38. The number of benzene rings is 1. The molecule has 3 aliphatic heterocycles. The van der Waals surface area contributed by atoms with Crippen LogP contribution in [0.1, 0.15) is 66.4 Å². The Morgan fingerprint density at radius 2 is 1.86 bits per heavy atom. The van der Waals surface area contributed by atoms with Crippen LogP contribution in [0.2, 0.25) is 0 Å². The molecule has 7 atom stereocenters. The first-order valence-corrected chi connectivity index (χ1v) is 13.2. The second-order valence-corrected chi connectivity index (χ2v) is 12.1. The molecular weight excluding hydrogens is 458 g/mol. The van der Waals surface area contributed by atoms with Crippen molar-refractivity contribution in [2.24, 2.45) is 17.8 Å². The van der Waals surface area contributed by atoms with Crippen molar-refractivity contribution in [2.45, 2.75) is 96.2 Å². The van der Waals surface area contributed by atoms with E-state index in [0.29, 0.717) is 19.4 Å². The third kappa shape index (κ3) is 4.32. The van der Waals surface area contributed by atoms with Gasteiger partial charge < -0.3 is 25.4 Å². The number of hydrogen-bond acceptors (Lipinski definition) is 5. The van der Waals surface area contributed by atoms with Crippen molar-refractivity contribution in [3.8, 4) is 0 Å². The van der Waals surface area contributed by atoms with Crippen LogP contribution in [0.3, 0.4) is 0 Å². The van der Waals surface area contributed by atoms with Crippen LogP contribution in [0.4, 0.5) is 0 Å². The molecule has 3 heterocycles. The summed E-state index contributed by atoms with van der Waals surface area (Å²) in [5, 5.41) is 16.4. The molecule has 8 heteroatoms. The Balaban J connectivity index is 1.72. The number of hydrogen-bond donors (Lipinski definition) is 3. The quantitative estimate of drug-likeness (QED) is 0.509. The molecule has 1 aromatic carbocycles. The topological polar surface area (TPSA) is 108 Å². The Hall–Kier alpha value is -2.45. The zero-order valence-corrected chi connectivity index (χ0v) is 22.3. The van der Waals surface area contributed by atoms with Crippen molar-refractivity contribution in [1.82, 2.24) is 15.5 Å². The molecule has 3 fully saturated rings. The Bertz CT molecular complexity index is 1010. The maximum Gasteiger partial charge on any atom is 0.246 e. The molecule has 8 nitrogen and oxygen atoms in total. The summed E-state index contributed by atoms with van der Waals surface area (Å²) in [6.07, 6.45) is 1.83. The van der Waals surface area contributed by atoms with Gasteiger partial charge in [0, 0.05) is 12.1 Å². The molecule has 0 aliphatic carbocycles. The van der Waals surface area contributed by atoms with Crippen LogP contribution in [0.15, 0.2) is 30.3 Å². The molecule has 3 N–H and O–H groups in total. The molecule has 36 heavy (non-hydrogen) atoms. The van der Waals surface area contributed by atoms with Gasteiger partial charge in [0.1, 0.15) is 11.6 Å². The van der Waals surface area contributed by atoms with E-state index in [4.69, 9.17) is 4.74 Å². The van der Waals surface area contributed by atoms with E-state index >= 15 is 0 Å². The molecule has 3 amide bonds. The highest BCUT2D eigenvalue weighted by Crippen LogP contribution is 2.63. The molecule has 1 spiro atoms. The smallest absolute Gasteiger partial charge is 0.246 e. The number of fused-ring (bicyclic) bond motifs is 1. The number of ether oxygens (including phenoxy) is 1. The van der Waals surface area contributed by atoms with Gasteiger partial charge >= 0.3 is 0 Å². The molecule has 0 aromatic heterocycles. The van der Waals surface area contributed by atoms with Gasteiger partial charge in [0.05, 0.1) is 30.1 Å². The van der Waals surface area contributed by atoms with E-state index in [1.807, 2.05) is 71.9 Å². The standard InChI is InChI=1S/C28H41N3O5/c1-7-17(2)19(16-32)31-22(24(34)30-26(3,4)5)28-14-13-27(6,36-28)20(21(28)25(31)35)23(33)29-15-18-11-9-8-10-12-18/h8-12,17,19-22,32H,7,13-16H2,1-6H3,(H,29,33)(H,30,34)/t17-,19-,20+,21-,22?,27-,28?/m0/s1. The summed E-state index contributed by atoms with van der Waals surface area (Å²) in [5.74, 6) is -2.32. The lowest BCUT2D eigenvalue weighted by atomic mass is 9.66. The number of carbonyl (C=O) groups excluding carboxylic acids is 3. The monoisotopic (exact) mass is 499 g/mol. The van der Waals surface area contributed by atoms with Crippen molar-refractivity contribution < 1.29 is 24.2 Å². The molecule has 3 saturated heterocycles. The van der Waals surface area contributed by atoms with Crippen molar-refractivity contribution in [3.63, 3.8) is 0 Å². The van der Waals surface area contributed by atoms with Crippen LogP contribution in [0.5, 0.6) is 0 Å². The van der Waals surface area contributed by atoms with Gasteiger partial charge in [-0.1, -0.05) is 50.6 Å². The van der Waals surface area contributed by atoms with Crippen LogP contribution < -0.4 is 10.6 Å². The first-order valence-electron chi connectivity index (χ1n) is 13.2. The molecule has 2 bridgehead atoms. The number of likely N-dealkylation sites (tertiary alicyclic amines) is 1. The van der Waals surface area contributed by atoms with Gasteiger partial charge in [0.25, 0.3) is 0 Å². The van der Waals surface area contributed by atoms with Gasteiger partial charge in [-0.25, -0.2) is 0 Å².